The standard InChI is InChI=1S/C31H33N5O6/c1-35-11-8-19(9-12-35)36-30(39)21-13-18-14-25(34-24(18)15-22(21)31(36)40)28-23(7-10-32-29(28)38)33-16-20(37)17-42-27-6-4-3-5-26(27)41-2/h3-7,10,13,15,19-20,37H,8-9,11-12,14,16-17H2,1-2H3,(H2,32,33,38). The highest BCUT2D eigenvalue weighted by molar-refractivity contribution is 6.22. The number of pyridine rings is 1. The lowest BCUT2D eigenvalue weighted by Gasteiger charge is -2.33. The molecule has 11 heteroatoms. The Kier molecular flexibility index (Phi) is 7.53. The van der Waals surface area contributed by atoms with Crippen molar-refractivity contribution in [1.82, 2.24) is 14.8 Å². The van der Waals surface area contributed by atoms with Crippen molar-refractivity contribution in [1.29, 1.82) is 0 Å². The van der Waals surface area contributed by atoms with Crippen molar-refractivity contribution < 1.29 is 24.2 Å². The number of nitrogens with zero attached hydrogens (tertiary/aromatic N) is 3. The number of H-pyrrole nitrogens is 1. The Morgan fingerprint density at radius 3 is 2.52 bits per heavy atom. The lowest BCUT2D eigenvalue weighted by Crippen LogP contribution is -2.46. The predicted octanol–water partition coefficient (Wildman–Crippen LogP) is 2.60. The van der Waals surface area contributed by atoms with Crippen LogP contribution < -0.4 is 20.3 Å². The molecule has 6 rings (SSSR count). The largest absolute Gasteiger partial charge is 0.493 e. The van der Waals surface area contributed by atoms with Crippen LogP contribution in [0.15, 0.2) is 58.4 Å². The van der Waals surface area contributed by atoms with Gasteiger partial charge in [0.15, 0.2) is 11.5 Å². The van der Waals surface area contributed by atoms with Gasteiger partial charge in [-0.05, 0) is 68.9 Å². The lowest BCUT2D eigenvalue weighted by atomic mass is 10.00. The van der Waals surface area contributed by atoms with Crippen LogP contribution in [0, 0.1) is 0 Å². The molecule has 1 fully saturated rings. The van der Waals surface area contributed by atoms with Crippen molar-refractivity contribution in [3.05, 3.63) is 81.3 Å². The smallest absolute Gasteiger partial charge is 0.261 e. The molecule has 218 valence electrons. The van der Waals surface area contributed by atoms with Gasteiger partial charge in [-0.15, -0.1) is 0 Å². The van der Waals surface area contributed by atoms with E-state index in [1.54, 1.807) is 37.4 Å². The van der Waals surface area contributed by atoms with Crippen molar-refractivity contribution >= 4 is 28.9 Å². The molecule has 3 aliphatic rings. The highest BCUT2D eigenvalue weighted by atomic mass is 16.5. The van der Waals surface area contributed by atoms with Crippen LogP contribution in [0.25, 0.3) is 0 Å². The van der Waals surface area contributed by atoms with Gasteiger partial charge in [0.1, 0.15) is 12.7 Å². The maximum absolute atomic E-state index is 13.3. The molecular weight excluding hydrogens is 538 g/mol. The van der Waals surface area contributed by atoms with Gasteiger partial charge < -0.3 is 29.8 Å². The molecule has 0 spiro atoms. The fourth-order valence-corrected chi connectivity index (χ4v) is 5.80. The van der Waals surface area contributed by atoms with Crippen LogP contribution in [-0.4, -0.2) is 90.0 Å². The molecule has 3 aromatic rings. The Hall–Kier alpha value is -4.48. The van der Waals surface area contributed by atoms with Crippen LogP contribution in [-0.2, 0) is 6.42 Å². The maximum atomic E-state index is 13.3. The predicted molar refractivity (Wildman–Crippen MR) is 157 cm³/mol. The van der Waals surface area contributed by atoms with E-state index in [-0.39, 0.29) is 36.6 Å². The third kappa shape index (κ3) is 5.17. The Morgan fingerprint density at radius 1 is 1.07 bits per heavy atom. The summed E-state index contributed by atoms with van der Waals surface area (Å²) >= 11 is 0. The van der Waals surface area contributed by atoms with Gasteiger partial charge in [0.05, 0.1) is 40.9 Å². The van der Waals surface area contributed by atoms with Crippen LogP contribution in [0.3, 0.4) is 0 Å². The highest BCUT2D eigenvalue weighted by Gasteiger charge is 2.42. The average molecular weight is 572 g/mol. The zero-order valence-electron chi connectivity index (χ0n) is 23.6. The van der Waals surface area contributed by atoms with Crippen molar-refractivity contribution in [2.75, 3.05) is 45.7 Å². The first-order valence-corrected chi connectivity index (χ1v) is 14.0. The molecule has 0 bridgehead atoms. The summed E-state index contributed by atoms with van der Waals surface area (Å²) in [6.45, 7) is 1.82. The van der Waals surface area contributed by atoms with Crippen molar-refractivity contribution in [3.63, 3.8) is 0 Å². The van der Waals surface area contributed by atoms with Gasteiger partial charge >= 0.3 is 0 Å². The number of aliphatic hydroxyl groups is 1. The molecule has 0 saturated carbocycles. The fraction of sp³-hybridized carbons (Fsp3) is 0.355. The average Bonchev–Trinajstić information content (AvgIpc) is 3.51. The third-order valence-electron chi connectivity index (χ3n) is 8.06. The van der Waals surface area contributed by atoms with Crippen molar-refractivity contribution in [3.8, 4) is 11.5 Å². The number of aromatic nitrogens is 1. The summed E-state index contributed by atoms with van der Waals surface area (Å²) < 4.78 is 11.0. The van der Waals surface area contributed by atoms with Crippen LogP contribution in [0.2, 0.25) is 0 Å². The van der Waals surface area contributed by atoms with E-state index in [1.165, 1.54) is 11.1 Å². The molecule has 0 aliphatic carbocycles. The number of likely N-dealkylation sites (tertiary alicyclic amines) is 1. The number of ether oxygens (including phenoxy) is 2. The van der Waals surface area contributed by atoms with Gasteiger partial charge in [0.25, 0.3) is 17.4 Å². The van der Waals surface area contributed by atoms with Crippen LogP contribution in [0.4, 0.5) is 11.4 Å². The normalized spacial score (nSPS) is 17.6. The maximum Gasteiger partial charge on any atom is 0.261 e. The number of para-hydroxylation sites is 2. The monoisotopic (exact) mass is 571 g/mol. The highest BCUT2D eigenvalue weighted by Crippen LogP contribution is 2.37. The molecule has 1 unspecified atom stereocenters. The summed E-state index contributed by atoms with van der Waals surface area (Å²) in [5.74, 6) is 0.551. The fourth-order valence-electron chi connectivity index (χ4n) is 5.80. The van der Waals surface area contributed by atoms with Gasteiger partial charge in [-0.1, -0.05) is 12.1 Å². The summed E-state index contributed by atoms with van der Waals surface area (Å²) in [7, 11) is 3.59. The number of amides is 2. The molecule has 42 heavy (non-hydrogen) atoms. The number of aliphatic imine (C=N–C) groups is 1. The topological polar surface area (TPSA) is 137 Å². The quantitative estimate of drug-likeness (QED) is 0.334. The molecule has 4 heterocycles. The van der Waals surface area contributed by atoms with Crippen LogP contribution in [0.5, 0.6) is 11.5 Å². The second-order valence-corrected chi connectivity index (χ2v) is 10.9. The molecule has 1 atom stereocenters. The first kappa shape index (κ1) is 27.7. The van der Waals surface area contributed by atoms with E-state index in [2.05, 4.69) is 15.2 Å². The molecule has 0 radical (unpaired) electrons. The minimum atomic E-state index is -0.878. The van der Waals surface area contributed by atoms with Crippen molar-refractivity contribution in [2.45, 2.75) is 31.4 Å². The number of rotatable bonds is 9. The number of imide groups is 1. The van der Waals surface area contributed by atoms with Gasteiger partial charge in [-0.25, -0.2) is 0 Å². The minimum Gasteiger partial charge on any atom is -0.493 e. The van der Waals surface area contributed by atoms with Crippen LogP contribution >= 0.6 is 0 Å². The third-order valence-corrected chi connectivity index (χ3v) is 8.06. The summed E-state index contributed by atoms with van der Waals surface area (Å²) in [5, 5.41) is 13.7. The van der Waals surface area contributed by atoms with E-state index in [1.807, 2.05) is 19.2 Å². The van der Waals surface area contributed by atoms with E-state index >= 15 is 0 Å². The van der Waals surface area contributed by atoms with E-state index in [4.69, 9.17) is 14.5 Å². The summed E-state index contributed by atoms with van der Waals surface area (Å²) in [4.78, 5) is 50.6. The number of aliphatic hydroxyl groups excluding tert-OH is 1. The number of benzene rings is 2. The first-order valence-electron chi connectivity index (χ1n) is 14.0. The van der Waals surface area contributed by atoms with E-state index in [0.29, 0.717) is 51.7 Å². The molecule has 2 amide bonds. The number of nitrogens with one attached hydrogen (secondary N) is 2. The molecular formula is C31H33N5O6. The number of hydrogen-bond acceptors (Lipinski definition) is 9. The number of aromatic amines is 1. The number of hydrogen-bond donors (Lipinski definition) is 3. The second-order valence-electron chi connectivity index (χ2n) is 10.9. The molecule has 3 N–H and O–H groups in total. The molecule has 1 saturated heterocycles. The number of piperidine rings is 1. The number of carbonyl (C=O) groups excluding carboxylic acids is 2. The van der Waals surface area contributed by atoms with Crippen LogP contribution in [0.1, 0.15) is 44.7 Å². The molecule has 1 aromatic heterocycles. The summed E-state index contributed by atoms with van der Waals surface area (Å²) in [5.41, 5.74) is 3.16. The number of methoxy groups -OCH3 is 1. The van der Waals surface area contributed by atoms with Crippen molar-refractivity contribution in [2.24, 2.45) is 4.99 Å². The summed E-state index contributed by atoms with van der Waals surface area (Å²) in [6, 6.07) is 12.2. The van der Waals surface area contributed by atoms with Gasteiger partial charge in [-0.2, -0.15) is 0 Å². The first-order chi connectivity index (χ1) is 20.3. The Morgan fingerprint density at radius 2 is 1.79 bits per heavy atom. The SMILES string of the molecule is COc1ccccc1OCC(O)CNc1cc[nH]c(=O)c1C1=Nc2cc3c(cc2C1)C(=O)N(C1CCN(C)CC1)C3=O. The van der Waals surface area contributed by atoms with Gasteiger partial charge in [-0.3, -0.25) is 24.3 Å². The van der Waals surface area contributed by atoms with Gasteiger partial charge in [0, 0.05) is 25.2 Å². The van der Waals surface area contributed by atoms with E-state index in [0.717, 1.165) is 31.5 Å². The zero-order valence-corrected chi connectivity index (χ0v) is 23.6. The summed E-state index contributed by atoms with van der Waals surface area (Å²) in [6.07, 6.45) is 2.50. The molecule has 11 nitrogen and oxygen atoms in total. The minimum absolute atomic E-state index is 0.0144. The van der Waals surface area contributed by atoms with E-state index in [9.17, 15) is 19.5 Å². The van der Waals surface area contributed by atoms with Gasteiger partial charge in [0.2, 0.25) is 0 Å². The Balaban J connectivity index is 1.17. The Bertz CT molecular complexity index is 1620. The number of fused-ring (bicyclic) bond motifs is 2. The number of anilines is 1. The molecule has 3 aliphatic heterocycles. The molecule has 2 aromatic carbocycles. The Labute approximate surface area is 242 Å². The second kappa shape index (κ2) is 11.4. The lowest BCUT2D eigenvalue weighted by molar-refractivity contribution is 0.0516. The zero-order chi connectivity index (χ0) is 29.4. The number of carbonyl (C=O) groups is 2. The van der Waals surface area contributed by atoms with E-state index < -0.39 is 6.10 Å².